The molecule has 6 heteroatoms. The summed E-state index contributed by atoms with van der Waals surface area (Å²) in [7, 11) is 1.38. The highest BCUT2D eigenvalue weighted by Gasteiger charge is 2.17. The van der Waals surface area contributed by atoms with Gasteiger partial charge in [0.05, 0.1) is 7.11 Å². The molecule has 0 atom stereocenters. The number of carbonyl (C=O) groups is 2. The molecule has 0 aliphatic heterocycles. The second kappa shape index (κ2) is 8.57. The standard InChI is InChI=1S/C18H19NO5/c1-23-15-9-5-8-14(17(15)21)18(22)24-12-16(20)19-11-10-13-6-3-2-4-7-13/h2-9,21H,10-12H2,1H3,(H,19,20). The minimum atomic E-state index is -0.787. The van der Waals surface area contributed by atoms with Gasteiger partial charge in [-0.3, -0.25) is 4.79 Å². The fraction of sp³-hybridized carbons (Fsp3) is 0.222. The predicted octanol–water partition coefficient (Wildman–Crippen LogP) is 1.92. The van der Waals surface area contributed by atoms with E-state index in [0.717, 1.165) is 5.56 Å². The van der Waals surface area contributed by atoms with Gasteiger partial charge in [-0.2, -0.15) is 0 Å². The molecule has 0 saturated carbocycles. The summed E-state index contributed by atoms with van der Waals surface area (Å²) in [6.07, 6.45) is 0.692. The molecule has 0 fully saturated rings. The SMILES string of the molecule is COc1cccc(C(=O)OCC(=O)NCCc2ccccc2)c1O. The fourth-order valence-corrected chi connectivity index (χ4v) is 2.10. The van der Waals surface area contributed by atoms with E-state index in [1.165, 1.54) is 19.2 Å². The summed E-state index contributed by atoms with van der Waals surface area (Å²) >= 11 is 0. The number of aromatic hydroxyl groups is 1. The van der Waals surface area contributed by atoms with Crippen LogP contribution in [-0.4, -0.2) is 37.2 Å². The van der Waals surface area contributed by atoms with Crippen molar-refractivity contribution in [2.45, 2.75) is 6.42 Å². The van der Waals surface area contributed by atoms with Gasteiger partial charge in [0.1, 0.15) is 5.56 Å². The summed E-state index contributed by atoms with van der Waals surface area (Å²) < 4.78 is 9.83. The minimum Gasteiger partial charge on any atom is -0.504 e. The van der Waals surface area contributed by atoms with Gasteiger partial charge in [0, 0.05) is 6.54 Å². The van der Waals surface area contributed by atoms with Gasteiger partial charge < -0.3 is 19.9 Å². The van der Waals surface area contributed by atoms with Gasteiger partial charge in [0.15, 0.2) is 18.1 Å². The maximum atomic E-state index is 11.9. The van der Waals surface area contributed by atoms with Gasteiger partial charge in [-0.1, -0.05) is 36.4 Å². The van der Waals surface area contributed by atoms with E-state index < -0.39 is 18.5 Å². The Bertz CT molecular complexity index is 700. The molecule has 0 bridgehead atoms. The quantitative estimate of drug-likeness (QED) is 0.758. The Morgan fingerprint density at radius 2 is 1.83 bits per heavy atom. The van der Waals surface area contributed by atoms with E-state index in [9.17, 15) is 14.7 Å². The van der Waals surface area contributed by atoms with Gasteiger partial charge in [-0.25, -0.2) is 4.79 Å². The van der Waals surface area contributed by atoms with Gasteiger partial charge in [0.25, 0.3) is 5.91 Å². The number of amides is 1. The fourth-order valence-electron chi connectivity index (χ4n) is 2.10. The van der Waals surface area contributed by atoms with E-state index in [1.54, 1.807) is 6.07 Å². The van der Waals surface area contributed by atoms with Gasteiger partial charge in [0.2, 0.25) is 0 Å². The zero-order chi connectivity index (χ0) is 17.4. The highest BCUT2D eigenvalue weighted by atomic mass is 16.5. The first-order chi connectivity index (χ1) is 11.6. The van der Waals surface area contributed by atoms with E-state index in [2.05, 4.69) is 5.32 Å². The number of phenolic OH excluding ortho intramolecular Hbond substituents is 1. The maximum Gasteiger partial charge on any atom is 0.342 e. The molecule has 24 heavy (non-hydrogen) atoms. The number of para-hydroxylation sites is 1. The molecule has 126 valence electrons. The zero-order valence-corrected chi connectivity index (χ0v) is 13.3. The lowest BCUT2D eigenvalue weighted by molar-refractivity contribution is -0.124. The van der Waals surface area contributed by atoms with Crippen molar-refractivity contribution in [1.29, 1.82) is 0 Å². The van der Waals surface area contributed by atoms with Crippen molar-refractivity contribution in [3.05, 3.63) is 59.7 Å². The number of rotatable bonds is 7. The highest BCUT2D eigenvalue weighted by Crippen LogP contribution is 2.29. The molecule has 2 N–H and O–H groups in total. The summed E-state index contributed by atoms with van der Waals surface area (Å²) in [5.74, 6) is -1.34. The van der Waals surface area contributed by atoms with Crippen LogP contribution in [0.4, 0.5) is 0 Å². The summed E-state index contributed by atoms with van der Waals surface area (Å²) in [5, 5.41) is 12.5. The number of carbonyl (C=O) groups excluding carboxylic acids is 2. The van der Waals surface area contributed by atoms with Crippen molar-refractivity contribution in [3.63, 3.8) is 0 Å². The third kappa shape index (κ3) is 4.74. The summed E-state index contributed by atoms with van der Waals surface area (Å²) in [6, 6.07) is 14.2. The van der Waals surface area contributed by atoms with Crippen LogP contribution in [0.1, 0.15) is 15.9 Å². The third-order valence-electron chi connectivity index (χ3n) is 3.35. The average Bonchev–Trinajstić information content (AvgIpc) is 2.61. The number of hydrogen-bond donors (Lipinski definition) is 2. The lowest BCUT2D eigenvalue weighted by Gasteiger charge is -2.09. The van der Waals surface area contributed by atoms with Crippen molar-refractivity contribution < 1.29 is 24.2 Å². The van der Waals surface area contributed by atoms with Crippen LogP contribution in [0.25, 0.3) is 0 Å². The Morgan fingerprint density at radius 1 is 1.08 bits per heavy atom. The smallest absolute Gasteiger partial charge is 0.342 e. The number of methoxy groups -OCH3 is 1. The van der Waals surface area contributed by atoms with E-state index in [-0.39, 0.29) is 17.1 Å². The van der Waals surface area contributed by atoms with Gasteiger partial charge in [-0.05, 0) is 24.1 Å². The van der Waals surface area contributed by atoms with Crippen molar-refractivity contribution in [2.75, 3.05) is 20.3 Å². The number of esters is 1. The molecular weight excluding hydrogens is 310 g/mol. The molecule has 2 aromatic carbocycles. The molecule has 6 nitrogen and oxygen atoms in total. The molecule has 1 amide bonds. The maximum absolute atomic E-state index is 11.9. The molecule has 0 saturated heterocycles. The van der Waals surface area contributed by atoms with Crippen LogP contribution in [0.2, 0.25) is 0 Å². The molecule has 0 radical (unpaired) electrons. The van der Waals surface area contributed by atoms with Crippen LogP contribution in [0.3, 0.4) is 0 Å². The zero-order valence-electron chi connectivity index (χ0n) is 13.3. The number of ether oxygens (including phenoxy) is 2. The molecule has 2 aromatic rings. The molecule has 0 heterocycles. The van der Waals surface area contributed by atoms with Crippen molar-refractivity contribution in [3.8, 4) is 11.5 Å². The van der Waals surface area contributed by atoms with E-state index in [1.807, 2.05) is 30.3 Å². The Labute approximate surface area is 140 Å². The molecule has 0 aromatic heterocycles. The molecule has 0 aliphatic carbocycles. The average molecular weight is 329 g/mol. The van der Waals surface area contributed by atoms with Crippen LogP contribution in [0, 0.1) is 0 Å². The lowest BCUT2D eigenvalue weighted by Crippen LogP contribution is -2.30. The third-order valence-corrected chi connectivity index (χ3v) is 3.35. The number of phenols is 1. The van der Waals surface area contributed by atoms with Crippen LogP contribution in [-0.2, 0) is 16.0 Å². The number of nitrogens with one attached hydrogen (secondary N) is 1. The Balaban J connectivity index is 1.78. The van der Waals surface area contributed by atoms with E-state index in [0.29, 0.717) is 13.0 Å². The van der Waals surface area contributed by atoms with Crippen LogP contribution in [0.5, 0.6) is 11.5 Å². The Hall–Kier alpha value is -3.02. The van der Waals surface area contributed by atoms with Crippen LogP contribution < -0.4 is 10.1 Å². The first-order valence-electron chi connectivity index (χ1n) is 7.45. The first kappa shape index (κ1) is 17.3. The number of hydrogen-bond acceptors (Lipinski definition) is 5. The predicted molar refractivity (Wildman–Crippen MR) is 88.1 cm³/mol. The molecular formula is C18H19NO5. The highest BCUT2D eigenvalue weighted by molar-refractivity contribution is 5.94. The monoisotopic (exact) mass is 329 g/mol. The molecule has 0 aliphatic rings. The van der Waals surface area contributed by atoms with Gasteiger partial charge in [-0.15, -0.1) is 0 Å². The second-order valence-corrected chi connectivity index (χ2v) is 5.02. The first-order valence-corrected chi connectivity index (χ1v) is 7.45. The molecule has 0 unspecified atom stereocenters. The normalized spacial score (nSPS) is 10.0. The number of benzene rings is 2. The van der Waals surface area contributed by atoms with E-state index in [4.69, 9.17) is 9.47 Å². The lowest BCUT2D eigenvalue weighted by atomic mass is 10.1. The largest absolute Gasteiger partial charge is 0.504 e. The van der Waals surface area contributed by atoms with Gasteiger partial charge >= 0.3 is 5.97 Å². The summed E-state index contributed by atoms with van der Waals surface area (Å²) in [4.78, 5) is 23.6. The Kier molecular flexibility index (Phi) is 6.19. The van der Waals surface area contributed by atoms with Crippen molar-refractivity contribution in [1.82, 2.24) is 5.32 Å². The molecule has 2 rings (SSSR count). The Morgan fingerprint density at radius 3 is 2.54 bits per heavy atom. The second-order valence-electron chi connectivity index (χ2n) is 5.02. The van der Waals surface area contributed by atoms with E-state index >= 15 is 0 Å². The summed E-state index contributed by atoms with van der Waals surface area (Å²) in [5.41, 5.74) is 1.06. The minimum absolute atomic E-state index is 0.0496. The van der Waals surface area contributed by atoms with Crippen LogP contribution in [0.15, 0.2) is 48.5 Å². The van der Waals surface area contributed by atoms with Crippen LogP contribution >= 0.6 is 0 Å². The van der Waals surface area contributed by atoms with Crippen molar-refractivity contribution >= 4 is 11.9 Å². The molecule has 0 spiro atoms. The summed E-state index contributed by atoms with van der Waals surface area (Å²) in [6.45, 7) is 0.0368. The topological polar surface area (TPSA) is 84.9 Å². The van der Waals surface area contributed by atoms with Crippen molar-refractivity contribution in [2.24, 2.45) is 0 Å².